The van der Waals surface area contributed by atoms with Crippen molar-refractivity contribution in [3.8, 4) is 5.75 Å². The van der Waals surface area contributed by atoms with Crippen LogP contribution in [0.5, 0.6) is 5.75 Å². The molecule has 114 valence electrons. The zero-order chi connectivity index (χ0) is 16.1. The summed E-state index contributed by atoms with van der Waals surface area (Å²) in [5, 5.41) is 0.876. The maximum absolute atomic E-state index is 11.7. The van der Waals surface area contributed by atoms with Gasteiger partial charge in [-0.05, 0) is 41.0 Å². The molecule has 0 aliphatic heterocycles. The van der Waals surface area contributed by atoms with E-state index in [-0.39, 0.29) is 0 Å². The van der Waals surface area contributed by atoms with E-state index in [2.05, 4.69) is 0 Å². The van der Waals surface area contributed by atoms with Gasteiger partial charge in [-0.3, -0.25) is 0 Å². The van der Waals surface area contributed by atoms with Crippen molar-refractivity contribution in [3.63, 3.8) is 0 Å². The maximum atomic E-state index is 11.7. The molecule has 0 spiro atoms. The van der Waals surface area contributed by atoms with Crippen LogP contribution in [0.1, 0.15) is 11.1 Å². The first-order valence-electron chi connectivity index (χ1n) is 6.44. The molecule has 0 aromatic heterocycles. The number of carbonyl (C=O) groups is 1. The number of carbonyl (C=O) groups excluding carboxylic acids is 1. The quantitative estimate of drug-likeness (QED) is 0.604. The molecule has 0 atom stereocenters. The van der Waals surface area contributed by atoms with Gasteiger partial charge in [0, 0.05) is 6.08 Å². The fourth-order valence-corrected chi connectivity index (χ4v) is 2.24. The summed E-state index contributed by atoms with van der Waals surface area (Å²) in [6, 6.07) is 12.5. The normalized spacial score (nSPS) is 11.2. The molecule has 0 saturated carbocycles. The number of ether oxygens (including phenoxy) is 2. The molecule has 0 amide bonds. The van der Waals surface area contributed by atoms with Crippen molar-refractivity contribution >= 4 is 34.7 Å². The van der Waals surface area contributed by atoms with Gasteiger partial charge in [-0.1, -0.05) is 41.4 Å². The number of benzene rings is 2. The van der Waals surface area contributed by atoms with Crippen LogP contribution in [-0.4, -0.2) is 20.2 Å². The maximum Gasteiger partial charge on any atom is 0.331 e. The first kappa shape index (κ1) is 16.4. The fraction of sp³-hybridized carbons (Fsp3) is 0.118. The molecule has 0 fully saturated rings. The van der Waals surface area contributed by atoms with Crippen molar-refractivity contribution in [2.75, 3.05) is 14.2 Å². The predicted octanol–water partition coefficient (Wildman–Crippen LogP) is 4.61. The Morgan fingerprint density at radius 3 is 2.14 bits per heavy atom. The fourth-order valence-electron chi connectivity index (χ4n) is 1.94. The van der Waals surface area contributed by atoms with E-state index >= 15 is 0 Å². The molecule has 2 aromatic carbocycles. The average molecular weight is 337 g/mol. The van der Waals surface area contributed by atoms with Gasteiger partial charge in [-0.15, -0.1) is 0 Å². The molecule has 22 heavy (non-hydrogen) atoms. The summed E-state index contributed by atoms with van der Waals surface area (Å²) in [4.78, 5) is 11.7. The minimum Gasteiger partial charge on any atom is -0.497 e. The summed E-state index contributed by atoms with van der Waals surface area (Å²) in [5.74, 6) is 0.284. The van der Waals surface area contributed by atoms with Crippen molar-refractivity contribution in [3.05, 3.63) is 69.7 Å². The average Bonchev–Trinajstić information content (AvgIpc) is 2.55. The largest absolute Gasteiger partial charge is 0.497 e. The lowest BCUT2D eigenvalue weighted by Crippen LogP contribution is -1.98. The zero-order valence-electron chi connectivity index (χ0n) is 12.1. The Balaban J connectivity index is 2.52. The minimum absolute atomic E-state index is 0.420. The Kier molecular flexibility index (Phi) is 5.47. The van der Waals surface area contributed by atoms with Crippen molar-refractivity contribution in [2.24, 2.45) is 0 Å². The molecule has 5 heteroatoms. The molecule has 0 radical (unpaired) electrons. The van der Waals surface area contributed by atoms with Gasteiger partial charge in [0.15, 0.2) is 0 Å². The highest BCUT2D eigenvalue weighted by molar-refractivity contribution is 6.42. The lowest BCUT2D eigenvalue weighted by Gasteiger charge is -2.10. The van der Waals surface area contributed by atoms with Crippen LogP contribution in [0.25, 0.3) is 5.57 Å². The molecule has 0 aliphatic rings. The molecular weight excluding hydrogens is 323 g/mol. The number of esters is 1. The molecule has 2 rings (SSSR count). The number of halogens is 2. The van der Waals surface area contributed by atoms with Gasteiger partial charge >= 0.3 is 5.97 Å². The third-order valence-electron chi connectivity index (χ3n) is 3.10. The molecule has 0 heterocycles. The summed E-state index contributed by atoms with van der Waals surface area (Å²) in [6.07, 6.45) is 1.42. The smallest absolute Gasteiger partial charge is 0.331 e. The second-order valence-corrected chi connectivity index (χ2v) is 5.25. The zero-order valence-corrected chi connectivity index (χ0v) is 13.6. The van der Waals surface area contributed by atoms with E-state index in [4.69, 9.17) is 32.7 Å². The lowest BCUT2D eigenvalue weighted by molar-refractivity contribution is -0.134. The van der Waals surface area contributed by atoms with E-state index in [0.29, 0.717) is 15.6 Å². The van der Waals surface area contributed by atoms with E-state index in [1.165, 1.54) is 13.2 Å². The highest BCUT2D eigenvalue weighted by Gasteiger charge is 2.10. The summed E-state index contributed by atoms with van der Waals surface area (Å²) >= 11 is 12.0. The van der Waals surface area contributed by atoms with Crippen LogP contribution in [0.2, 0.25) is 10.0 Å². The highest BCUT2D eigenvalue weighted by atomic mass is 35.5. The number of rotatable bonds is 4. The summed E-state index contributed by atoms with van der Waals surface area (Å²) in [6.45, 7) is 0. The van der Waals surface area contributed by atoms with Gasteiger partial charge in [0.25, 0.3) is 0 Å². The molecule has 2 aromatic rings. The molecule has 0 unspecified atom stereocenters. The molecular formula is C17H14Cl2O3. The van der Waals surface area contributed by atoms with Crippen LogP contribution in [0.15, 0.2) is 48.5 Å². The van der Waals surface area contributed by atoms with E-state index in [9.17, 15) is 4.79 Å². The Bertz CT molecular complexity index is 706. The Morgan fingerprint density at radius 1 is 0.955 bits per heavy atom. The monoisotopic (exact) mass is 336 g/mol. The Hall–Kier alpha value is -1.97. The van der Waals surface area contributed by atoms with Gasteiger partial charge < -0.3 is 9.47 Å². The van der Waals surface area contributed by atoms with Crippen molar-refractivity contribution in [1.29, 1.82) is 0 Å². The molecule has 3 nitrogen and oxygen atoms in total. The lowest BCUT2D eigenvalue weighted by atomic mass is 9.97. The number of hydrogen-bond acceptors (Lipinski definition) is 3. The van der Waals surface area contributed by atoms with E-state index in [1.807, 2.05) is 24.3 Å². The van der Waals surface area contributed by atoms with Crippen LogP contribution in [0.4, 0.5) is 0 Å². The van der Waals surface area contributed by atoms with Crippen molar-refractivity contribution in [2.45, 2.75) is 0 Å². The Morgan fingerprint density at radius 2 is 1.59 bits per heavy atom. The Labute approximate surface area is 139 Å². The molecule has 0 N–H and O–H groups in total. The molecule has 0 aliphatic carbocycles. The van der Waals surface area contributed by atoms with Crippen LogP contribution < -0.4 is 4.74 Å². The van der Waals surface area contributed by atoms with Gasteiger partial charge in [0.05, 0.1) is 24.3 Å². The minimum atomic E-state index is -0.447. The predicted molar refractivity (Wildman–Crippen MR) is 88.6 cm³/mol. The third kappa shape index (κ3) is 3.81. The van der Waals surface area contributed by atoms with Crippen molar-refractivity contribution in [1.82, 2.24) is 0 Å². The highest BCUT2D eigenvalue weighted by Crippen LogP contribution is 2.30. The topological polar surface area (TPSA) is 35.5 Å². The summed E-state index contributed by atoms with van der Waals surface area (Å²) in [7, 11) is 2.93. The molecule has 0 bridgehead atoms. The van der Waals surface area contributed by atoms with Crippen LogP contribution in [0.3, 0.4) is 0 Å². The standard InChI is InChI=1S/C17H14Cl2O3/c1-21-13-6-3-11(4-7-13)14(10-17(20)22-2)12-5-8-15(18)16(19)9-12/h3-10H,1-2H3/b14-10-. The number of methoxy groups -OCH3 is 2. The van der Waals surface area contributed by atoms with Crippen molar-refractivity contribution < 1.29 is 14.3 Å². The first-order chi connectivity index (χ1) is 10.5. The van der Waals surface area contributed by atoms with Gasteiger partial charge in [-0.2, -0.15) is 0 Å². The number of hydrogen-bond donors (Lipinski definition) is 0. The van der Waals surface area contributed by atoms with Crippen LogP contribution in [-0.2, 0) is 9.53 Å². The van der Waals surface area contributed by atoms with E-state index < -0.39 is 5.97 Å². The van der Waals surface area contributed by atoms with Gasteiger partial charge in [0.2, 0.25) is 0 Å². The first-order valence-corrected chi connectivity index (χ1v) is 7.20. The summed E-state index contributed by atoms with van der Waals surface area (Å²) in [5.41, 5.74) is 2.29. The second kappa shape index (κ2) is 7.34. The second-order valence-electron chi connectivity index (χ2n) is 4.44. The molecule has 0 saturated heterocycles. The summed E-state index contributed by atoms with van der Waals surface area (Å²) < 4.78 is 9.87. The van der Waals surface area contributed by atoms with Crippen LogP contribution in [0, 0.1) is 0 Å². The van der Waals surface area contributed by atoms with E-state index in [0.717, 1.165) is 16.9 Å². The van der Waals surface area contributed by atoms with E-state index in [1.54, 1.807) is 25.3 Å². The van der Waals surface area contributed by atoms with Gasteiger partial charge in [-0.25, -0.2) is 4.79 Å². The van der Waals surface area contributed by atoms with Gasteiger partial charge in [0.1, 0.15) is 5.75 Å². The third-order valence-corrected chi connectivity index (χ3v) is 3.83. The SMILES string of the molecule is COC(=O)/C=C(/c1ccc(OC)cc1)c1ccc(Cl)c(Cl)c1. The van der Waals surface area contributed by atoms with Crippen LogP contribution >= 0.6 is 23.2 Å².